The maximum atomic E-state index is 12.6. The zero-order chi connectivity index (χ0) is 32.5. The molecule has 44 heavy (non-hydrogen) atoms. The molecule has 0 bridgehead atoms. The van der Waals surface area contributed by atoms with Crippen molar-refractivity contribution in [3.63, 3.8) is 0 Å². The van der Waals surface area contributed by atoms with Crippen molar-refractivity contribution in [2.75, 3.05) is 23.4 Å². The van der Waals surface area contributed by atoms with Gasteiger partial charge in [0.15, 0.2) is 12.1 Å². The molecule has 2 rings (SSSR count). The Morgan fingerprint density at radius 3 is 2.30 bits per heavy atom. The Kier molecular flexibility index (Phi) is 17.8. The van der Waals surface area contributed by atoms with Crippen LogP contribution in [0, 0.1) is 0 Å². The highest BCUT2D eigenvalue weighted by Crippen LogP contribution is 2.23. The molecule has 1 aliphatic heterocycles. The number of nitrogens with zero attached hydrogens (tertiary/aromatic N) is 3. The molecule has 2 heterocycles. The molecule has 0 radical (unpaired) electrons. The van der Waals surface area contributed by atoms with Crippen LogP contribution in [0.2, 0.25) is 0 Å². The first-order chi connectivity index (χ1) is 21.0. The van der Waals surface area contributed by atoms with Gasteiger partial charge < -0.3 is 45.7 Å². The Bertz CT molecular complexity index is 1000. The third kappa shape index (κ3) is 13.7. The number of carbonyl (C=O) groups is 3. The lowest BCUT2D eigenvalue weighted by atomic mass is 10.1. The average molecular weight is 648 g/mol. The minimum absolute atomic E-state index is 0.0661. The number of anilines is 1. The molecule has 0 aliphatic carbocycles. The third-order valence-corrected chi connectivity index (χ3v) is 8.16. The van der Waals surface area contributed by atoms with Gasteiger partial charge in [-0.3, -0.25) is 14.4 Å². The van der Waals surface area contributed by atoms with Gasteiger partial charge in [-0.05, 0) is 12.8 Å². The summed E-state index contributed by atoms with van der Waals surface area (Å²) < 4.78 is 17.1. The van der Waals surface area contributed by atoms with Crippen molar-refractivity contribution >= 4 is 35.4 Å². The van der Waals surface area contributed by atoms with E-state index in [0.29, 0.717) is 6.42 Å². The number of esters is 2. The number of hydrogen-bond acceptors (Lipinski definition) is 14. The fraction of sp³-hybridized carbons (Fsp3) is 0.821. The third-order valence-electron chi connectivity index (χ3n) is 6.95. The van der Waals surface area contributed by atoms with E-state index in [4.69, 9.17) is 19.9 Å². The predicted octanol–water partition coefficient (Wildman–Crippen LogP) is 0.473. The lowest BCUT2D eigenvalue weighted by molar-refractivity contribution is -0.157. The van der Waals surface area contributed by atoms with Crippen molar-refractivity contribution in [3.05, 3.63) is 6.20 Å². The summed E-state index contributed by atoms with van der Waals surface area (Å²) >= 11 is 1.28. The molecule has 252 valence electrons. The van der Waals surface area contributed by atoms with Gasteiger partial charge in [-0.25, -0.2) is 4.68 Å². The Balaban J connectivity index is 1.80. The minimum atomic E-state index is -1.62. The van der Waals surface area contributed by atoms with E-state index in [2.05, 4.69) is 29.5 Å². The minimum Gasteiger partial charge on any atom is -0.462 e. The molecule has 1 aromatic rings. The van der Waals surface area contributed by atoms with Gasteiger partial charge in [0.2, 0.25) is 5.91 Å². The van der Waals surface area contributed by atoms with Crippen LogP contribution in [-0.4, -0.2) is 114 Å². The summed E-state index contributed by atoms with van der Waals surface area (Å²) in [7, 11) is 0. The van der Waals surface area contributed by atoms with Gasteiger partial charge in [0.25, 0.3) is 0 Å². The predicted molar refractivity (Wildman–Crippen MR) is 161 cm³/mol. The molecule has 1 fully saturated rings. The molecule has 15 nitrogen and oxygen atoms in total. The maximum Gasteiger partial charge on any atom is 0.306 e. The second-order valence-electron chi connectivity index (χ2n) is 10.9. The number of unbranched alkanes of at least 4 members (excludes halogenated alkanes) is 6. The SMILES string of the molecule is CCCCCCC(=O)OC[C@H](CSC[C@@H](N)C(=O)Nc1cn(C[C@H](O)C2OC(O)[C@@H](O)[C@@H]2O)nn1)OC(=O)CCCCCC. The largest absolute Gasteiger partial charge is 0.462 e. The van der Waals surface area contributed by atoms with E-state index in [1.165, 1.54) is 22.6 Å². The lowest BCUT2D eigenvalue weighted by Gasteiger charge is -2.20. The summed E-state index contributed by atoms with van der Waals surface area (Å²) in [5, 5.41) is 49.5. The molecule has 16 heteroatoms. The summed E-state index contributed by atoms with van der Waals surface area (Å²) in [5.41, 5.74) is 6.05. The molecule has 1 saturated heterocycles. The first kappa shape index (κ1) is 37.8. The first-order valence-electron chi connectivity index (χ1n) is 15.3. The van der Waals surface area contributed by atoms with E-state index in [1.54, 1.807) is 0 Å². The van der Waals surface area contributed by atoms with Gasteiger partial charge in [-0.1, -0.05) is 57.6 Å². The van der Waals surface area contributed by atoms with Gasteiger partial charge in [0.1, 0.15) is 37.1 Å². The molecule has 1 aromatic heterocycles. The van der Waals surface area contributed by atoms with Gasteiger partial charge in [-0.2, -0.15) is 11.8 Å². The summed E-state index contributed by atoms with van der Waals surface area (Å²) in [6.45, 7) is 3.90. The lowest BCUT2D eigenvalue weighted by Crippen LogP contribution is -2.40. The highest BCUT2D eigenvalue weighted by atomic mass is 32.2. The van der Waals surface area contributed by atoms with E-state index in [0.717, 1.165) is 51.4 Å². The number of nitrogens with two attached hydrogens (primary N) is 1. The number of aromatic nitrogens is 3. The normalized spacial score (nSPS) is 21.9. The van der Waals surface area contributed by atoms with Crippen molar-refractivity contribution < 1.29 is 49.0 Å². The van der Waals surface area contributed by atoms with Gasteiger partial charge in [0, 0.05) is 24.3 Å². The number of thioether (sulfide) groups is 1. The average Bonchev–Trinajstić information content (AvgIpc) is 3.54. The number of aliphatic hydroxyl groups is 4. The number of amides is 1. The van der Waals surface area contributed by atoms with Crippen molar-refractivity contribution in [2.45, 2.75) is 127 Å². The summed E-state index contributed by atoms with van der Waals surface area (Å²) in [4.78, 5) is 37.1. The molecule has 0 spiro atoms. The van der Waals surface area contributed by atoms with Crippen LogP contribution in [0.1, 0.15) is 78.1 Å². The van der Waals surface area contributed by atoms with Crippen molar-refractivity contribution in [3.8, 4) is 0 Å². The molecular weight excluding hydrogens is 598 g/mol. The van der Waals surface area contributed by atoms with E-state index in [-0.39, 0.29) is 48.8 Å². The van der Waals surface area contributed by atoms with Crippen LogP contribution in [0.4, 0.5) is 5.82 Å². The topological polar surface area (TPSA) is 229 Å². The van der Waals surface area contributed by atoms with Crippen LogP contribution in [0.25, 0.3) is 0 Å². The van der Waals surface area contributed by atoms with Crippen molar-refractivity contribution in [1.82, 2.24) is 15.0 Å². The zero-order valence-corrected chi connectivity index (χ0v) is 26.4. The van der Waals surface area contributed by atoms with Gasteiger partial charge >= 0.3 is 11.9 Å². The van der Waals surface area contributed by atoms with Crippen molar-refractivity contribution in [2.24, 2.45) is 5.73 Å². The molecule has 7 atom stereocenters. The Morgan fingerprint density at radius 2 is 1.68 bits per heavy atom. The number of carbonyl (C=O) groups excluding carboxylic acids is 3. The molecule has 2 unspecified atom stereocenters. The van der Waals surface area contributed by atoms with Crippen LogP contribution < -0.4 is 11.1 Å². The Hall–Kier alpha value is -2.34. The molecule has 7 N–H and O–H groups in total. The van der Waals surface area contributed by atoms with Gasteiger partial charge in [0.05, 0.1) is 18.8 Å². The van der Waals surface area contributed by atoms with E-state index >= 15 is 0 Å². The van der Waals surface area contributed by atoms with E-state index in [9.17, 15) is 34.8 Å². The Morgan fingerprint density at radius 1 is 1.02 bits per heavy atom. The maximum absolute atomic E-state index is 12.6. The number of nitrogens with one attached hydrogen (secondary N) is 1. The number of ether oxygens (including phenoxy) is 3. The first-order valence-corrected chi connectivity index (χ1v) is 16.5. The van der Waals surface area contributed by atoms with Crippen LogP contribution >= 0.6 is 11.8 Å². The van der Waals surface area contributed by atoms with Gasteiger partial charge in [-0.15, -0.1) is 5.10 Å². The highest BCUT2D eigenvalue weighted by Gasteiger charge is 2.45. The molecule has 0 aromatic carbocycles. The monoisotopic (exact) mass is 647 g/mol. The van der Waals surface area contributed by atoms with E-state index in [1.807, 2.05) is 0 Å². The second-order valence-corrected chi connectivity index (χ2v) is 12.0. The highest BCUT2D eigenvalue weighted by molar-refractivity contribution is 7.99. The summed E-state index contributed by atoms with van der Waals surface area (Å²) in [6, 6.07) is -0.952. The smallest absolute Gasteiger partial charge is 0.306 e. The summed E-state index contributed by atoms with van der Waals surface area (Å²) in [5.74, 6) is -0.728. The quantitative estimate of drug-likeness (QED) is 0.0743. The standard InChI is InChI=1S/C28H49N5O10S/c1-3-5-7-9-11-22(35)41-15-18(42-23(36)12-10-8-6-4-2)16-44-17-19(29)27(39)30-21-14-33(32-31-21)13-20(34)26-24(37)25(38)28(40)43-26/h14,18-20,24-26,28,34,37-38,40H,3-13,15-17,29H2,1-2H3,(H,30,39)/t18-,19-,20+,24+,25+,26?,28?/m1/s1. The zero-order valence-electron chi connectivity index (χ0n) is 25.6. The number of aliphatic hydroxyl groups excluding tert-OH is 4. The summed E-state index contributed by atoms with van der Waals surface area (Å²) in [6.07, 6.45) is 1.56. The molecular formula is C28H49N5O10S. The molecule has 1 aliphatic rings. The van der Waals surface area contributed by atoms with Crippen LogP contribution in [-0.2, 0) is 35.1 Å². The fourth-order valence-corrected chi connectivity index (χ4v) is 5.34. The Labute approximate surface area is 262 Å². The van der Waals surface area contributed by atoms with E-state index < -0.39 is 48.8 Å². The second kappa shape index (κ2) is 20.6. The number of hydrogen-bond donors (Lipinski definition) is 6. The molecule has 1 amide bonds. The fourth-order valence-electron chi connectivity index (χ4n) is 4.38. The van der Waals surface area contributed by atoms with Crippen LogP contribution in [0.15, 0.2) is 6.20 Å². The number of rotatable bonds is 22. The van der Waals surface area contributed by atoms with Crippen molar-refractivity contribution in [1.29, 1.82) is 0 Å². The molecule has 0 saturated carbocycles. The van der Waals surface area contributed by atoms with Crippen LogP contribution in [0.5, 0.6) is 0 Å². The van der Waals surface area contributed by atoms with Crippen LogP contribution in [0.3, 0.4) is 0 Å².